The van der Waals surface area contributed by atoms with Crippen molar-refractivity contribution in [3.8, 4) is 17.1 Å². The van der Waals surface area contributed by atoms with Gasteiger partial charge in [-0.3, -0.25) is 4.79 Å². The molecule has 1 fully saturated rings. The molecule has 1 saturated carbocycles. The van der Waals surface area contributed by atoms with Crippen LogP contribution in [0.2, 0.25) is 0 Å². The van der Waals surface area contributed by atoms with Gasteiger partial charge in [0.25, 0.3) is 5.91 Å². The maximum Gasteiger partial charge on any atom is 0.251 e. The molecule has 0 unspecified atom stereocenters. The van der Waals surface area contributed by atoms with Crippen molar-refractivity contribution in [2.45, 2.75) is 31.7 Å². The maximum absolute atomic E-state index is 12.2. The maximum atomic E-state index is 12.2. The van der Waals surface area contributed by atoms with E-state index in [1.807, 2.05) is 30.3 Å². The monoisotopic (exact) mass is 297 g/mol. The minimum absolute atomic E-state index is 0.000680. The van der Waals surface area contributed by atoms with Crippen molar-refractivity contribution in [1.82, 2.24) is 15.5 Å². The number of carbonyl (C=O) groups excluding carboxylic acids is 1. The van der Waals surface area contributed by atoms with Crippen LogP contribution in [0.4, 0.5) is 0 Å². The molecule has 2 aromatic rings. The number of nitrogens with one attached hydrogen (secondary N) is 1. The van der Waals surface area contributed by atoms with Crippen LogP contribution in [0.1, 0.15) is 36.0 Å². The molecule has 114 valence electrons. The van der Waals surface area contributed by atoms with Crippen molar-refractivity contribution in [2.75, 3.05) is 7.11 Å². The van der Waals surface area contributed by atoms with E-state index >= 15 is 0 Å². The Labute approximate surface area is 129 Å². The summed E-state index contributed by atoms with van der Waals surface area (Å²) >= 11 is 0. The van der Waals surface area contributed by atoms with Gasteiger partial charge in [-0.05, 0) is 31.0 Å². The highest BCUT2D eigenvalue weighted by Gasteiger charge is 2.17. The molecule has 1 N–H and O–H groups in total. The average Bonchev–Trinajstić information content (AvgIpc) is 3.08. The summed E-state index contributed by atoms with van der Waals surface area (Å²) in [5, 5.41) is 11.1. The van der Waals surface area contributed by atoms with Gasteiger partial charge in [0, 0.05) is 23.2 Å². The van der Waals surface area contributed by atoms with Gasteiger partial charge in [0.05, 0.1) is 12.8 Å². The lowest BCUT2D eigenvalue weighted by Gasteiger charge is -2.12. The number of hydrogen-bond acceptors (Lipinski definition) is 4. The van der Waals surface area contributed by atoms with Gasteiger partial charge >= 0.3 is 0 Å². The number of aromatic nitrogens is 2. The number of hydrogen-bond donors (Lipinski definition) is 1. The van der Waals surface area contributed by atoms with Crippen molar-refractivity contribution in [3.05, 3.63) is 42.0 Å². The lowest BCUT2D eigenvalue weighted by Crippen LogP contribution is -2.32. The lowest BCUT2D eigenvalue weighted by molar-refractivity contribution is 0.0938. The first-order valence-corrected chi connectivity index (χ1v) is 7.55. The Morgan fingerprint density at radius 2 is 1.82 bits per heavy atom. The van der Waals surface area contributed by atoms with Gasteiger partial charge in [-0.2, -0.15) is 0 Å². The van der Waals surface area contributed by atoms with Crippen LogP contribution in [0.5, 0.6) is 5.88 Å². The minimum atomic E-state index is -0.000680. The third-order valence-electron chi connectivity index (χ3n) is 3.98. The smallest absolute Gasteiger partial charge is 0.251 e. The topological polar surface area (TPSA) is 64.1 Å². The molecule has 1 aromatic carbocycles. The molecule has 5 heteroatoms. The summed E-state index contributed by atoms with van der Waals surface area (Å²) in [6.07, 6.45) is 4.59. The summed E-state index contributed by atoms with van der Waals surface area (Å²) in [6.45, 7) is 0. The van der Waals surface area contributed by atoms with E-state index < -0.39 is 0 Å². The zero-order valence-corrected chi connectivity index (χ0v) is 12.6. The largest absolute Gasteiger partial charge is 0.480 e. The molecule has 0 aliphatic heterocycles. The number of methoxy groups -OCH3 is 1. The van der Waals surface area contributed by atoms with Crippen LogP contribution >= 0.6 is 0 Å². The molecule has 1 heterocycles. The summed E-state index contributed by atoms with van der Waals surface area (Å²) in [4.78, 5) is 12.2. The van der Waals surface area contributed by atoms with Crippen molar-refractivity contribution in [2.24, 2.45) is 0 Å². The zero-order chi connectivity index (χ0) is 15.4. The first-order chi connectivity index (χ1) is 10.8. The summed E-state index contributed by atoms with van der Waals surface area (Å²) in [7, 11) is 1.56. The van der Waals surface area contributed by atoms with E-state index in [0.29, 0.717) is 17.5 Å². The Morgan fingerprint density at radius 3 is 2.41 bits per heavy atom. The van der Waals surface area contributed by atoms with Gasteiger partial charge in [0.15, 0.2) is 0 Å². The van der Waals surface area contributed by atoms with Crippen molar-refractivity contribution < 1.29 is 9.53 Å². The lowest BCUT2D eigenvalue weighted by atomic mass is 10.1. The van der Waals surface area contributed by atoms with Gasteiger partial charge in [-0.25, -0.2) is 0 Å². The normalized spacial score (nSPS) is 14.8. The fourth-order valence-electron chi connectivity index (χ4n) is 2.71. The second kappa shape index (κ2) is 6.56. The first-order valence-electron chi connectivity index (χ1n) is 7.55. The quantitative estimate of drug-likeness (QED) is 0.942. The summed E-state index contributed by atoms with van der Waals surface area (Å²) < 4.78 is 4.99. The number of benzene rings is 1. The standard InChI is InChI=1S/C17H19N3O2/c1-22-16-11-10-15(19-20-16)12-6-8-13(9-7-12)17(21)18-14-4-2-3-5-14/h6-11,14H,2-5H2,1H3,(H,18,21). The summed E-state index contributed by atoms with van der Waals surface area (Å²) in [5.41, 5.74) is 2.35. The van der Waals surface area contributed by atoms with Crippen molar-refractivity contribution in [1.29, 1.82) is 0 Å². The average molecular weight is 297 g/mol. The molecule has 3 rings (SSSR count). The molecule has 22 heavy (non-hydrogen) atoms. The van der Waals surface area contributed by atoms with Gasteiger partial charge < -0.3 is 10.1 Å². The van der Waals surface area contributed by atoms with Gasteiger partial charge in [-0.15, -0.1) is 10.2 Å². The Hall–Kier alpha value is -2.43. The molecule has 0 spiro atoms. The molecule has 0 radical (unpaired) electrons. The van der Waals surface area contributed by atoms with E-state index in [9.17, 15) is 4.79 Å². The second-order valence-electron chi connectivity index (χ2n) is 5.49. The van der Waals surface area contributed by atoms with E-state index in [4.69, 9.17) is 4.74 Å². The third-order valence-corrected chi connectivity index (χ3v) is 3.98. The summed E-state index contributed by atoms with van der Waals surface area (Å²) in [5.74, 6) is 0.482. The number of ether oxygens (including phenoxy) is 1. The molecule has 0 bridgehead atoms. The highest BCUT2D eigenvalue weighted by Crippen LogP contribution is 2.20. The molecule has 5 nitrogen and oxygen atoms in total. The van der Waals surface area contributed by atoms with E-state index in [1.54, 1.807) is 13.2 Å². The number of amides is 1. The van der Waals surface area contributed by atoms with E-state index in [-0.39, 0.29) is 5.91 Å². The number of rotatable bonds is 4. The number of nitrogens with zero attached hydrogens (tertiary/aromatic N) is 2. The van der Waals surface area contributed by atoms with Crippen molar-refractivity contribution in [3.63, 3.8) is 0 Å². The van der Waals surface area contributed by atoms with Gasteiger partial charge in [0.1, 0.15) is 0 Å². The van der Waals surface area contributed by atoms with Crippen LogP contribution in [0.15, 0.2) is 36.4 Å². The van der Waals surface area contributed by atoms with Crippen molar-refractivity contribution >= 4 is 5.91 Å². The molecular weight excluding hydrogens is 278 g/mol. The Kier molecular flexibility index (Phi) is 4.32. The van der Waals surface area contributed by atoms with Crippen LogP contribution in [-0.4, -0.2) is 29.3 Å². The molecular formula is C17H19N3O2. The van der Waals surface area contributed by atoms with Crippen LogP contribution in [0.3, 0.4) is 0 Å². The summed E-state index contributed by atoms with van der Waals surface area (Å²) in [6, 6.07) is 11.4. The fourth-order valence-corrected chi connectivity index (χ4v) is 2.71. The van der Waals surface area contributed by atoms with E-state index in [1.165, 1.54) is 12.8 Å². The molecule has 1 aromatic heterocycles. The van der Waals surface area contributed by atoms with Crippen LogP contribution in [-0.2, 0) is 0 Å². The minimum Gasteiger partial charge on any atom is -0.480 e. The molecule has 1 aliphatic carbocycles. The molecule has 0 atom stereocenters. The van der Waals surface area contributed by atoms with E-state index in [2.05, 4.69) is 15.5 Å². The SMILES string of the molecule is COc1ccc(-c2ccc(C(=O)NC3CCCC3)cc2)nn1. The van der Waals surface area contributed by atoms with Crippen LogP contribution in [0.25, 0.3) is 11.3 Å². The molecule has 1 aliphatic rings. The predicted octanol–water partition coefficient (Wildman–Crippen LogP) is 2.82. The highest BCUT2D eigenvalue weighted by atomic mass is 16.5. The van der Waals surface area contributed by atoms with Gasteiger partial charge in [-0.1, -0.05) is 25.0 Å². The fraction of sp³-hybridized carbons (Fsp3) is 0.353. The first kappa shape index (κ1) is 14.5. The Morgan fingerprint density at radius 1 is 1.09 bits per heavy atom. The predicted molar refractivity (Wildman–Crippen MR) is 83.7 cm³/mol. The molecule has 0 saturated heterocycles. The highest BCUT2D eigenvalue weighted by molar-refractivity contribution is 5.94. The Balaban J connectivity index is 1.69. The second-order valence-corrected chi connectivity index (χ2v) is 5.49. The number of carbonyl (C=O) groups is 1. The van der Waals surface area contributed by atoms with Crippen LogP contribution < -0.4 is 10.1 Å². The Bertz CT molecular complexity index is 632. The van der Waals surface area contributed by atoms with Gasteiger partial charge in [0.2, 0.25) is 5.88 Å². The third kappa shape index (κ3) is 3.24. The van der Waals surface area contributed by atoms with Crippen LogP contribution in [0, 0.1) is 0 Å². The van der Waals surface area contributed by atoms with E-state index in [0.717, 1.165) is 24.1 Å². The zero-order valence-electron chi connectivity index (χ0n) is 12.6. The molecule has 1 amide bonds.